The Morgan fingerprint density at radius 3 is 2.77 bits per heavy atom. The summed E-state index contributed by atoms with van der Waals surface area (Å²) < 4.78 is 11.7. The summed E-state index contributed by atoms with van der Waals surface area (Å²) in [6.07, 6.45) is 8.57. The highest BCUT2D eigenvalue weighted by Gasteiger charge is 2.32. The van der Waals surface area contributed by atoms with E-state index in [2.05, 4.69) is 10.3 Å². The Labute approximate surface area is 182 Å². The largest absolute Gasteiger partial charge is 0.493 e. The fourth-order valence-corrected chi connectivity index (χ4v) is 4.44. The van der Waals surface area contributed by atoms with Crippen molar-refractivity contribution in [2.45, 2.75) is 57.6 Å². The summed E-state index contributed by atoms with van der Waals surface area (Å²) in [6, 6.07) is 7.74. The smallest absolute Gasteiger partial charge is 0.223 e. The molecule has 0 radical (unpaired) electrons. The molecule has 1 unspecified atom stereocenters. The van der Waals surface area contributed by atoms with Gasteiger partial charge in [-0.05, 0) is 49.4 Å². The fraction of sp³-hybridized carbons (Fsp3) is 0.458. The van der Waals surface area contributed by atoms with Crippen LogP contribution in [-0.2, 0) is 16.1 Å². The number of hydrogen-bond acceptors (Lipinski definition) is 5. The van der Waals surface area contributed by atoms with Crippen LogP contribution in [0.25, 0.3) is 0 Å². The van der Waals surface area contributed by atoms with E-state index in [9.17, 15) is 9.59 Å². The number of anilines is 1. The van der Waals surface area contributed by atoms with Gasteiger partial charge in [0.15, 0.2) is 11.5 Å². The van der Waals surface area contributed by atoms with Crippen LogP contribution in [0.4, 0.5) is 5.69 Å². The summed E-state index contributed by atoms with van der Waals surface area (Å²) in [5.41, 5.74) is 2.60. The number of likely N-dealkylation sites (tertiary alicyclic amines) is 1. The third-order valence-electron chi connectivity index (χ3n) is 6.04. The minimum absolute atomic E-state index is 0.0882. The molecule has 1 N–H and O–H groups in total. The molecule has 2 fully saturated rings. The van der Waals surface area contributed by atoms with Crippen molar-refractivity contribution in [2.24, 2.45) is 0 Å². The highest BCUT2D eigenvalue weighted by atomic mass is 16.5. The zero-order chi connectivity index (χ0) is 21.8. The van der Waals surface area contributed by atoms with Crippen LogP contribution >= 0.6 is 0 Å². The molecule has 1 saturated heterocycles. The zero-order valence-corrected chi connectivity index (χ0v) is 18.1. The van der Waals surface area contributed by atoms with Crippen LogP contribution in [0.3, 0.4) is 0 Å². The van der Waals surface area contributed by atoms with E-state index in [-0.39, 0.29) is 23.8 Å². The molecule has 7 nitrogen and oxygen atoms in total. The molecule has 7 heteroatoms. The van der Waals surface area contributed by atoms with E-state index in [0.717, 1.165) is 35.5 Å². The number of benzene rings is 1. The van der Waals surface area contributed by atoms with Gasteiger partial charge in [0.25, 0.3) is 0 Å². The topological polar surface area (TPSA) is 80.8 Å². The van der Waals surface area contributed by atoms with Crippen LogP contribution < -0.4 is 14.8 Å². The number of amides is 2. The third kappa shape index (κ3) is 4.98. The van der Waals surface area contributed by atoms with E-state index in [4.69, 9.17) is 9.47 Å². The molecule has 2 aliphatic rings. The molecular weight excluding hydrogens is 394 g/mol. The Morgan fingerprint density at radius 2 is 2.03 bits per heavy atom. The number of carbonyl (C=O) groups is 2. The highest BCUT2D eigenvalue weighted by molar-refractivity contribution is 5.89. The van der Waals surface area contributed by atoms with E-state index in [0.29, 0.717) is 25.2 Å². The van der Waals surface area contributed by atoms with Crippen molar-refractivity contribution in [3.05, 3.63) is 47.8 Å². The molecule has 1 aliphatic carbocycles. The first-order valence-corrected chi connectivity index (χ1v) is 10.9. The summed E-state index contributed by atoms with van der Waals surface area (Å²) >= 11 is 0. The van der Waals surface area contributed by atoms with Gasteiger partial charge in [0.1, 0.15) is 0 Å². The van der Waals surface area contributed by atoms with E-state index in [1.807, 2.05) is 23.1 Å². The Hall–Kier alpha value is -3.09. The maximum absolute atomic E-state index is 12.7. The van der Waals surface area contributed by atoms with Crippen molar-refractivity contribution in [3.63, 3.8) is 0 Å². The standard InChI is InChI=1S/C24H29N3O4/c1-16(28)26-21-9-10-25-13-19(21)15-27-14-18(12-24(27)29)17-7-8-22(30-2)23(11-17)31-20-5-3-4-6-20/h7-11,13,18,20H,3-6,12,14-15H2,1-2H3,(H,25,26,28). The lowest BCUT2D eigenvalue weighted by Crippen LogP contribution is -2.25. The quantitative estimate of drug-likeness (QED) is 0.731. The maximum atomic E-state index is 12.7. The first-order valence-electron chi connectivity index (χ1n) is 10.9. The summed E-state index contributed by atoms with van der Waals surface area (Å²) in [5.74, 6) is 1.53. The van der Waals surface area contributed by atoms with Gasteiger partial charge in [0.05, 0.1) is 13.2 Å². The van der Waals surface area contributed by atoms with Gasteiger partial charge in [0.2, 0.25) is 11.8 Å². The van der Waals surface area contributed by atoms with E-state index in [1.54, 1.807) is 25.6 Å². The lowest BCUT2D eigenvalue weighted by atomic mass is 9.98. The van der Waals surface area contributed by atoms with Crippen LogP contribution in [0.15, 0.2) is 36.7 Å². The van der Waals surface area contributed by atoms with Crippen molar-refractivity contribution in [2.75, 3.05) is 19.0 Å². The number of ether oxygens (including phenoxy) is 2. The summed E-state index contributed by atoms with van der Waals surface area (Å²) in [5, 5.41) is 2.81. The number of carbonyl (C=O) groups excluding carboxylic acids is 2. The molecule has 164 valence electrons. The van der Waals surface area contributed by atoms with E-state index < -0.39 is 0 Å². The first-order chi connectivity index (χ1) is 15.0. The molecule has 1 atom stereocenters. The minimum Gasteiger partial charge on any atom is -0.493 e. The van der Waals surface area contributed by atoms with Crippen molar-refractivity contribution < 1.29 is 19.1 Å². The van der Waals surface area contributed by atoms with E-state index in [1.165, 1.54) is 19.8 Å². The zero-order valence-electron chi connectivity index (χ0n) is 18.1. The molecule has 0 spiro atoms. The number of rotatable bonds is 7. The van der Waals surface area contributed by atoms with Gasteiger partial charge in [0, 0.05) is 56.0 Å². The molecule has 4 rings (SSSR count). The van der Waals surface area contributed by atoms with Crippen molar-refractivity contribution >= 4 is 17.5 Å². The molecular formula is C24H29N3O4. The monoisotopic (exact) mass is 423 g/mol. The third-order valence-corrected chi connectivity index (χ3v) is 6.04. The summed E-state index contributed by atoms with van der Waals surface area (Å²) in [4.78, 5) is 30.2. The number of pyridine rings is 1. The average Bonchev–Trinajstić information content (AvgIpc) is 3.39. The van der Waals surface area contributed by atoms with Crippen LogP contribution in [0.2, 0.25) is 0 Å². The molecule has 1 aliphatic heterocycles. The van der Waals surface area contributed by atoms with Gasteiger partial charge in [-0.25, -0.2) is 0 Å². The number of nitrogens with zero attached hydrogens (tertiary/aromatic N) is 2. The van der Waals surface area contributed by atoms with Crippen LogP contribution in [0, 0.1) is 0 Å². The van der Waals surface area contributed by atoms with Gasteiger partial charge in [-0.2, -0.15) is 0 Å². The minimum atomic E-state index is -0.147. The van der Waals surface area contributed by atoms with Crippen LogP contribution in [0.5, 0.6) is 11.5 Å². The molecule has 2 aromatic rings. The predicted octanol–water partition coefficient (Wildman–Crippen LogP) is 3.89. The van der Waals surface area contributed by atoms with Gasteiger partial charge in [-0.15, -0.1) is 0 Å². The van der Waals surface area contributed by atoms with Gasteiger partial charge in [-0.1, -0.05) is 6.07 Å². The van der Waals surface area contributed by atoms with Crippen LogP contribution in [0.1, 0.15) is 56.1 Å². The Kier molecular flexibility index (Phi) is 6.39. The van der Waals surface area contributed by atoms with Crippen molar-refractivity contribution in [1.82, 2.24) is 9.88 Å². The van der Waals surface area contributed by atoms with Crippen LogP contribution in [-0.4, -0.2) is 41.5 Å². The molecule has 2 heterocycles. The first kappa shape index (κ1) is 21.2. The Bertz CT molecular complexity index is 956. The second-order valence-electron chi connectivity index (χ2n) is 8.32. The van der Waals surface area contributed by atoms with Crippen molar-refractivity contribution in [3.8, 4) is 11.5 Å². The normalized spacial score (nSPS) is 19.0. The number of hydrogen-bond donors (Lipinski definition) is 1. The fourth-order valence-electron chi connectivity index (χ4n) is 4.44. The molecule has 1 aromatic heterocycles. The number of nitrogens with one attached hydrogen (secondary N) is 1. The van der Waals surface area contributed by atoms with Gasteiger partial charge in [-0.3, -0.25) is 14.6 Å². The SMILES string of the molecule is COc1ccc(C2CC(=O)N(Cc3cnccc3NC(C)=O)C2)cc1OC1CCCC1. The number of methoxy groups -OCH3 is 1. The molecule has 0 bridgehead atoms. The average molecular weight is 424 g/mol. The Balaban J connectivity index is 1.48. The lowest BCUT2D eigenvalue weighted by molar-refractivity contribution is -0.128. The number of aromatic nitrogens is 1. The molecule has 1 saturated carbocycles. The molecule has 1 aromatic carbocycles. The second-order valence-corrected chi connectivity index (χ2v) is 8.32. The van der Waals surface area contributed by atoms with Gasteiger partial charge < -0.3 is 19.7 Å². The van der Waals surface area contributed by atoms with Gasteiger partial charge >= 0.3 is 0 Å². The maximum Gasteiger partial charge on any atom is 0.223 e. The second kappa shape index (κ2) is 9.37. The van der Waals surface area contributed by atoms with E-state index >= 15 is 0 Å². The van der Waals surface area contributed by atoms with Crippen molar-refractivity contribution in [1.29, 1.82) is 0 Å². The molecule has 31 heavy (non-hydrogen) atoms. The Morgan fingerprint density at radius 1 is 1.23 bits per heavy atom. The predicted molar refractivity (Wildman–Crippen MR) is 117 cm³/mol. The molecule has 2 amide bonds. The lowest BCUT2D eigenvalue weighted by Gasteiger charge is -2.20. The highest BCUT2D eigenvalue weighted by Crippen LogP contribution is 2.37. The summed E-state index contributed by atoms with van der Waals surface area (Å²) in [7, 11) is 1.65. The summed E-state index contributed by atoms with van der Waals surface area (Å²) in [6.45, 7) is 2.50.